The summed E-state index contributed by atoms with van der Waals surface area (Å²) in [6, 6.07) is 11.5. The molecule has 1 atom stereocenters. The molecule has 8 nitrogen and oxygen atoms in total. The second-order valence-electron chi connectivity index (χ2n) is 6.94. The highest BCUT2D eigenvalue weighted by Crippen LogP contribution is 2.26. The van der Waals surface area contributed by atoms with Crippen LogP contribution in [0.3, 0.4) is 0 Å². The van der Waals surface area contributed by atoms with Gasteiger partial charge in [0.1, 0.15) is 18.0 Å². The van der Waals surface area contributed by atoms with Crippen LogP contribution in [0.1, 0.15) is 20.3 Å². The first-order chi connectivity index (χ1) is 14.4. The number of para-hydroxylation sites is 1. The number of benzene rings is 2. The van der Waals surface area contributed by atoms with Crippen LogP contribution in [0, 0.1) is 0 Å². The van der Waals surface area contributed by atoms with Gasteiger partial charge in [-0.15, -0.1) is 0 Å². The van der Waals surface area contributed by atoms with Gasteiger partial charge in [0.15, 0.2) is 0 Å². The average molecular weight is 411 g/mol. The Hall–Kier alpha value is -3.55. The Balaban J connectivity index is 2.26. The smallest absolute Gasteiger partial charge is 0.336 e. The van der Waals surface area contributed by atoms with Gasteiger partial charge in [0.2, 0.25) is 5.91 Å². The van der Waals surface area contributed by atoms with E-state index in [-0.39, 0.29) is 24.2 Å². The monoisotopic (exact) mass is 411 g/mol. The fourth-order valence-electron chi connectivity index (χ4n) is 3.22. The number of nitrogens with one attached hydrogen (secondary N) is 1. The number of ether oxygens (including phenoxy) is 2. The average Bonchev–Trinajstić information content (AvgIpc) is 2.76. The summed E-state index contributed by atoms with van der Waals surface area (Å²) in [7, 11) is 2.96. The molecule has 0 aliphatic rings. The van der Waals surface area contributed by atoms with Crippen molar-refractivity contribution in [3.8, 4) is 17.2 Å². The lowest BCUT2D eigenvalue weighted by molar-refractivity contribution is -0.122. The van der Waals surface area contributed by atoms with Crippen molar-refractivity contribution >= 4 is 16.8 Å². The Kier molecular flexibility index (Phi) is 6.25. The zero-order valence-corrected chi connectivity index (χ0v) is 17.5. The maximum absolute atomic E-state index is 13.4. The molecule has 1 aromatic heterocycles. The lowest BCUT2D eigenvalue weighted by Crippen LogP contribution is -2.43. The third-order valence-corrected chi connectivity index (χ3v) is 5.00. The molecule has 1 N–H and O–H groups in total. The predicted molar refractivity (Wildman–Crippen MR) is 115 cm³/mol. The third kappa shape index (κ3) is 3.94. The SMILES string of the molecule is CCC(C)NC(=O)Cn1c(=O)n(-c2ccc(OC)cc2OC)c(=O)c2ccccc21. The van der Waals surface area contributed by atoms with E-state index in [1.54, 1.807) is 42.5 Å². The van der Waals surface area contributed by atoms with Crippen LogP contribution in [0.15, 0.2) is 52.1 Å². The maximum Gasteiger partial charge on any atom is 0.336 e. The summed E-state index contributed by atoms with van der Waals surface area (Å²) in [6.07, 6.45) is 0.768. The Bertz CT molecular complexity index is 1200. The van der Waals surface area contributed by atoms with Crippen LogP contribution < -0.4 is 26.0 Å². The zero-order chi connectivity index (χ0) is 21.8. The van der Waals surface area contributed by atoms with Crippen LogP contribution in [0.25, 0.3) is 16.6 Å². The number of amides is 1. The normalized spacial score (nSPS) is 11.9. The van der Waals surface area contributed by atoms with Crippen molar-refractivity contribution in [3.63, 3.8) is 0 Å². The van der Waals surface area contributed by atoms with Gasteiger partial charge >= 0.3 is 5.69 Å². The first kappa shape index (κ1) is 21.2. The topological polar surface area (TPSA) is 91.6 Å². The molecule has 30 heavy (non-hydrogen) atoms. The summed E-state index contributed by atoms with van der Waals surface area (Å²) in [4.78, 5) is 39.1. The largest absolute Gasteiger partial charge is 0.497 e. The molecule has 3 aromatic rings. The Morgan fingerprint density at radius 3 is 2.50 bits per heavy atom. The minimum Gasteiger partial charge on any atom is -0.497 e. The maximum atomic E-state index is 13.4. The van der Waals surface area contributed by atoms with Gasteiger partial charge in [-0.3, -0.25) is 14.2 Å². The second-order valence-corrected chi connectivity index (χ2v) is 6.94. The van der Waals surface area contributed by atoms with E-state index < -0.39 is 11.2 Å². The summed E-state index contributed by atoms with van der Waals surface area (Å²) >= 11 is 0. The van der Waals surface area contributed by atoms with Gasteiger partial charge in [-0.05, 0) is 37.6 Å². The zero-order valence-electron chi connectivity index (χ0n) is 17.5. The minimum atomic E-state index is -0.624. The predicted octanol–water partition coefficient (Wildman–Crippen LogP) is 2.08. The quantitative estimate of drug-likeness (QED) is 0.643. The molecule has 0 aliphatic heterocycles. The Morgan fingerprint density at radius 1 is 1.10 bits per heavy atom. The van der Waals surface area contributed by atoms with Crippen molar-refractivity contribution in [1.29, 1.82) is 0 Å². The summed E-state index contributed by atoms with van der Waals surface area (Å²) in [5.74, 6) is 0.528. The summed E-state index contributed by atoms with van der Waals surface area (Å²) in [5.41, 5.74) is -0.440. The van der Waals surface area contributed by atoms with Crippen molar-refractivity contribution in [3.05, 3.63) is 63.3 Å². The first-order valence-electron chi connectivity index (χ1n) is 9.67. The van der Waals surface area contributed by atoms with Crippen LogP contribution in [0.4, 0.5) is 0 Å². The number of carbonyl (C=O) groups is 1. The summed E-state index contributed by atoms with van der Waals surface area (Å²) < 4.78 is 12.9. The van der Waals surface area contributed by atoms with Crippen LogP contribution in [-0.2, 0) is 11.3 Å². The number of methoxy groups -OCH3 is 2. The molecule has 1 heterocycles. The Morgan fingerprint density at radius 2 is 1.83 bits per heavy atom. The number of rotatable bonds is 7. The first-order valence-corrected chi connectivity index (χ1v) is 9.67. The summed E-state index contributed by atoms with van der Waals surface area (Å²) in [5, 5.41) is 3.18. The molecule has 0 aliphatic carbocycles. The highest BCUT2D eigenvalue weighted by Gasteiger charge is 2.19. The molecule has 3 rings (SSSR count). The van der Waals surface area contributed by atoms with E-state index >= 15 is 0 Å². The van der Waals surface area contributed by atoms with Gasteiger partial charge in [-0.2, -0.15) is 0 Å². The van der Waals surface area contributed by atoms with Crippen LogP contribution in [0.5, 0.6) is 11.5 Å². The van der Waals surface area contributed by atoms with E-state index in [4.69, 9.17) is 9.47 Å². The van der Waals surface area contributed by atoms with Gasteiger partial charge in [-0.25, -0.2) is 9.36 Å². The van der Waals surface area contributed by atoms with E-state index in [0.29, 0.717) is 22.4 Å². The van der Waals surface area contributed by atoms with E-state index in [9.17, 15) is 14.4 Å². The minimum absolute atomic E-state index is 0.0212. The van der Waals surface area contributed by atoms with E-state index in [1.807, 2.05) is 13.8 Å². The second kappa shape index (κ2) is 8.86. The fraction of sp³-hybridized carbons (Fsp3) is 0.318. The van der Waals surface area contributed by atoms with E-state index in [2.05, 4.69) is 5.32 Å². The number of hydrogen-bond acceptors (Lipinski definition) is 5. The number of aromatic nitrogens is 2. The van der Waals surface area contributed by atoms with Gasteiger partial charge < -0.3 is 14.8 Å². The van der Waals surface area contributed by atoms with Crippen molar-refractivity contribution in [2.75, 3.05) is 14.2 Å². The van der Waals surface area contributed by atoms with Crippen LogP contribution in [0.2, 0.25) is 0 Å². The van der Waals surface area contributed by atoms with Crippen LogP contribution >= 0.6 is 0 Å². The molecule has 0 radical (unpaired) electrons. The van der Waals surface area contributed by atoms with Gasteiger partial charge in [0.05, 0.1) is 30.8 Å². The van der Waals surface area contributed by atoms with Crippen molar-refractivity contribution in [2.45, 2.75) is 32.9 Å². The number of nitrogens with zero attached hydrogens (tertiary/aromatic N) is 2. The van der Waals surface area contributed by atoms with Gasteiger partial charge in [0.25, 0.3) is 5.56 Å². The molecule has 1 amide bonds. The molecule has 0 bridgehead atoms. The van der Waals surface area contributed by atoms with Gasteiger partial charge in [0, 0.05) is 12.1 Å². The van der Waals surface area contributed by atoms with Crippen molar-refractivity contribution in [2.24, 2.45) is 0 Å². The highest BCUT2D eigenvalue weighted by molar-refractivity contribution is 5.82. The number of hydrogen-bond donors (Lipinski definition) is 1. The molecule has 158 valence electrons. The lowest BCUT2D eigenvalue weighted by atomic mass is 10.2. The molecule has 0 fully saturated rings. The third-order valence-electron chi connectivity index (χ3n) is 5.00. The van der Waals surface area contributed by atoms with Crippen molar-refractivity contribution in [1.82, 2.24) is 14.5 Å². The fourth-order valence-corrected chi connectivity index (χ4v) is 3.22. The van der Waals surface area contributed by atoms with Crippen molar-refractivity contribution < 1.29 is 14.3 Å². The summed E-state index contributed by atoms with van der Waals surface area (Å²) in [6.45, 7) is 3.65. The van der Waals surface area contributed by atoms with Crippen LogP contribution in [-0.4, -0.2) is 35.3 Å². The molecular weight excluding hydrogens is 386 g/mol. The molecule has 1 unspecified atom stereocenters. The standard InChI is InChI=1S/C22H25N3O5/c1-5-14(2)23-20(26)13-24-17-9-7-6-8-16(17)21(27)25(22(24)28)18-11-10-15(29-3)12-19(18)30-4/h6-12,14H,5,13H2,1-4H3,(H,23,26). The number of carbonyl (C=O) groups excluding carboxylic acids is 1. The molecular formula is C22H25N3O5. The molecule has 0 saturated carbocycles. The van der Waals surface area contributed by atoms with E-state index in [0.717, 1.165) is 11.0 Å². The highest BCUT2D eigenvalue weighted by atomic mass is 16.5. The molecule has 0 spiro atoms. The number of fused-ring (bicyclic) bond motifs is 1. The molecule has 2 aromatic carbocycles. The Labute approximate surface area is 173 Å². The van der Waals surface area contributed by atoms with E-state index in [1.165, 1.54) is 18.8 Å². The molecule has 0 saturated heterocycles. The van der Waals surface area contributed by atoms with Gasteiger partial charge in [-0.1, -0.05) is 19.1 Å². The lowest BCUT2D eigenvalue weighted by Gasteiger charge is -2.17. The molecule has 8 heteroatoms.